The Morgan fingerprint density at radius 3 is 1.95 bits per heavy atom. The molecule has 2 amide bonds. The van der Waals surface area contributed by atoms with Crippen molar-refractivity contribution < 1.29 is 18.0 Å². The average Bonchev–Trinajstić information content (AvgIpc) is 2.86. The van der Waals surface area contributed by atoms with Gasteiger partial charge in [0.05, 0.1) is 11.9 Å². The lowest BCUT2D eigenvalue weighted by atomic mass is 10.0. The normalized spacial score (nSPS) is 12.0. The van der Waals surface area contributed by atoms with Crippen molar-refractivity contribution in [1.29, 1.82) is 0 Å². The molecule has 3 aromatic carbocycles. The van der Waals surface area contributed by atoms with Gasteiger partial charge in [0.2, 0.25) is 21.8 Å². The molecule has 37 heavy (non-hydrogen) atoms. The summed E-state index contributed by atoms with van der Waals surface area (Å²) in [7, 11) is -3.77. The molecule has 0 radical (unpaired) electrons. The summed E-state index contributed by atoms with van der Waals surface area (Å²) in [6.07, 6.45) is 1.38. The molecule has 0 heterocycles. The van der Waals surface area contributed by atoms with E-state index in [9.17, 15) is 18.0 Å². The van der Waals surface area contributed by atoms with Gasteiger partial charge in [0.1, 0.15) is 12.6 Å². The van der Waals surface area contributed by atoms with E-state index >= 15 is 0 Å². The van der Waals surface area contributed by atoms with E-state index in [1.54, 1.807) is 24.3 Å². The molecule has 1 N–H and O–H groups in total. The van der Waals surface area contributed by atoms with Crippen LogP contribution in [0.4, 0.5) is 5.69 Å². The maximum Gasteiger partial charge on any atom is 0.244 e. The molecule has 0 aromatic heterocycles. The number of benzene rings is 3. The van der Waals surface area contributed by atoms with Crippen molar-refractivity contribution in [2.24, 2.45) is 0 Å². The van der Waals surface area contributed by atoms with E-state index in [1.165, 1.54) is 4.90 Å². The minimum absolute atomic E-state index is 0.166. The number of hydrogen-bond acceptors (Lipinski definition) is 4. The molecule has 0 saturated carbocycles. The largest absolute Gasteiger partial charge is 0.355 e. The first-order valence-corrected chi connectivity index (χ1v) is 14.1. The van der Waals surface area contributed by atoms with Gasteiger partial charge in [-0.25, -0.2) is 8.42 Å². The Balaban J connectivity index is 2.02. The van der Waals surface area contributed by atoms with E-state index in [-0.39, 0.29) is 12.5 Å². The highest BCUT2D eigenvalue weighted by atomic mass is 32.2. The molecule has 0 bridgehead atoms. The number of carbonyl (C=O) groups excluding carboxylic acids is 2. The first kappa shape index (κ1) is 27.9. The van der Waals surface area contributed by atoms with E-state index in [4.69, 9.17) is 0 Å². The van der Waals surface area contributed by atoms with Gasteiger partial charge >= 0.3 is 0 Å². The topological polar surface area (TPSA) is 86.8 Å². The number of nitrogens with zero attached hydrogens (tertiary/aromatic N) is 2. The molecule has 196 valence electrons. The first-order chi connectivity index (χ1) is 17.6. The standard InChI is InChI=1S/C29H35N3O4S/c1-5-30-29(34)27(19-24-9-7-6-8-10-24)31(20-25-15-11-22(2)12-16-25)28(33)21-32(37(4,35)36)26-17-13-23(3)14-18-26/h6-18,27H,5,19-21H2,1-4H3,(H,30,34). The quantitative estimate of drug-likeness (QED) is 0.415. The van der Waals surface area contributed by atoms with Crippen LogP contribution in [0.1, 0.15) is 29.2 Å². The Hall–Kier alpha value is -3.65. The van der Waals surface area contributed by atoms with Crippen LogP contribution >= 0.6 is 0 Å². The van der Waals surface area contributed by atoms with E-state index in [2.05, 4.69) is 5.32 Å². The fourth-order valence-electron chi connectivity index (χ4n) is 4.06. The predicted molar refractivity (Wildman–Crippen MR) is 148 cm³/mol. The molecular weight excluding hydrogens is 486 g/mol. The maximum atomic E-state index is 13.9. The van der Waals surface area contributed by atoms with E-state index in [0.29, 0.717) is 18.7 Å². The number of anilines is 1. The van der Waals surface area contributed by atoms with Crippen molar-refractivity contribution in [3.05, 3.63) is 101 Å². The summed E-state index contributed by atoms with van der Waals surface area (Å²) in [6, 6.07) is 23.4. The third-order valence-electron chi connectivity index (χ3n) is 6.10. The van der Waals surface area contributed by atoms with Gasteiger partial charge in [-0.05, 0) is 44.0 Å². The molecule has 7 nitrogen and oxygen atoms in total. The van der Waals surface area contributed by atoms with Crippen LogP contribution in [0.25, 0.3) is 0 Å². The van der Waals surface area contributed by atoms with Crippen LogP contribution in [-0.4, -0.2) is 50.5 Å². The van der Waals surface area contributed by atoms with Gasteiger partial charge in [0, 0.05) is 19.5 Å². The third kappa shape index (κ3) is 7.92. The van der Waals surface area contributed by atoms with Crippen LogP contribution in [0.5, 0.6) is 0 Å². The smallest absolute Gasteiger partial charge is 0.244 e. The van der Waals surface area contributed by atoms with Crippen LogP contribution in [0.2, 0.25) is 0 Å². The lowest BCUT2D eigenvalue weighted by Gasteiger charge is -2.33. The molecule has 1 atom stereocenters. The van der Waals surface area contributed by atoms with Gasteiger partial charge in [0.15, 0.2) is 0 Å². The van der Waals surface area contributed by atoms with Gasteiger partial charge < -0.3 is 10.2 Å². The van der Waals surface area contributed by atoms with Gasteiger partial charge in [-0.1, -0.05) is 77.9 Å². The highest BCUT2D eigenvalue weighted by Crippen LogP contribution is 2.21. The van der Waals surface area contributed by atoms with Crippen LogP contribution in [0, 0.1) is 13.8 Å². The number of nitrogens with one attached hydrogen (secondary N) is 1. The van der Waals surface area contributed by atoms with Crippen molar-refractivity contribution >= 4 is 27.5 Å². The Morgan fingerprint density at radius 1 is 0.838 bits per heavy atom. The predicted octanol–water partition coefficient (Wildman–Crippen LogP) is 3.85. The fourth-order valence-corrected chi connectivity index (χ4v) is 4.91. The summed E-state index contributed by atoms with van der Waals surface area (Å²) in [6.45, 7) is 5.87. The molecule has 3 rings (SSSR count). The van der Waals surface area contributed by atoms with Crippen LogP contribution in [0.3, 0.4) is 0 Å². The lowest BCUT2D eigenvalue weighted by Crippen LogP contribution is -2.53. The minimum atomic E-state index is -3.77. The van der Waals surface area contributed by atoms with Gasteiger partial charge in [-0.3, -0.25) is 13.9 Å². The third-order valence-corrected chi connectivity index (χ3v) is 7.24. The molecule has 0 saturated heterocycles. The Bertz CT molecular complexity index is 1290. The molecule has 0 aliphatic rings. The zero-order chi connectivity index (χ0) is 27.0. The average molecular weight is 522 g/mol. The molecule has 0 aliphatic heterocycles. The molecule has 0 spiro atoms. The number of carbonyl (C=O) groups is 2. The van der Waals surface area contributed by atoms with Gasteiger partial charge in [-0.15, -0.1) is 0 Å². The van der Waals surface area contributed by atoms with Crippen molar-refractivity contribution in [3.63, 3.8) is 0 Å². The first-order valence-electron chi connectivity index (χ1n) is 12.3. The van der Waals surface area contributed by atoms with Crippen LogP contribution in [0.15, 0.2) is 78.9 Å². The zero-order valence-electron chi connectivity index (χ0n) is 21.8. The van der Waals surface area contributed by atoms with E-state index < -0.39 is 28.5 Å². The summed E-state index contributed by atoms with van der Waals surface area (Å²) < 4.78 is 26.6. The number of sulfonamides is 1. The number of amides is 2. The summed E-state index contributed by atoms with van der Waals surface area (Å²) in [5.74, 6) is -0.744. The molecular formula is C29H35N3O4S. The second-order valence-corrected chi connectivity index (χ2v) is 11.1. The lowest BCUT2D eigenvalue weighted by molar-refractivity contribution is -0.140. The Labute approximate surface area is 220 Å². The Morgan fingerprint density at radius 2 is 1.41 bits per heavy atom. The van der Waals surface area contributed by atoms with Crippen molar-refractivity contribution in [2.45, 2.75) is 39.8 Å². The molecule has 3 aromatic rings. The minimum Gasteiger partial charge on any atom is -0.355 e. The Kier molecular flexibility index (Phi) is 9.47. The summed E-state index contributed by atoms with van der Waals surface area (Å²) in [5.41, 5.74) is 4.20. The van der Waals surface area contributed by atoms with Crippen LogP contribution < -0.4 is 9.62 Å². The second kappa shape index (κ2) is 12.5. The van der Waals surface area contributed by atoms with E-state index in [1.807, 2.05) is 75.4 Å². The molecule has 1 unspecified atom stereocenters. The maximum absolute atomic E-state index is 13.9. The zero-order valence-corrected chi connectivity index (χ0v) is 22.7. The van der Waals surface area contributed by atoms with Crippen LogP contribution in [-0.2, 0) is 32.6 Å². The van der Waals surface area contributed by atoms with Crippen molar-refractivity contribution in [1.82, 2.24) is 10.2 Å². The summed E-state index contributed by atoms with van der Waals surface area (Å²) in [5, 5.41) is 2.85. The monoisotopic (exact) mass is 521 g/mol. The van der Waals surface area contributed by atoms with Gasteiger partial charge in [0.25, 0.3) is 0 Å². The molecule has 8 heteroatoms. The SMILES string of the molecule is CCNC(=O)C(Cc1ccccc1)N(Cc1ccc(C)cc1)C(=O)CN(c1ccc(C)cc1)S(C)(=O)=O. The second-order valence-electron chi connectivity index (χ2n) is 9.21. The number of aryl methyl sites for hydroxylation is 2. The highest BCUT2D eigenvalue weighted by molar-refractivity contribution is 7.92. The summed E-state index contributed by atoms with van der Waals surface area (Å²) >= 11 is 0. The summed E-state index contributed by atoms with van der Waals surface area (Å²) in [4.78, 5) is 28.7. The van der Waals surface area contributed by atoms with E-state index in [0.717, 1.165) is 32.8 Å². The van der Waals surface area contributed by atoms with Crippen molar-refractivity contribution in [3.8, 4) is 0 Å². The number of likely N-dealkylation sites (N-methyl/N-ethyl adjacent to an activating group) is 1. The molecule has 0 aliphatic carbocycles. The number of hydrogen-bond donors (Lipinski definition) is 1. The number of rotatable bonds is 11. The molecule has 0 fully saturated rings. The highest BCUT2D eigenvalue weighted by Gasteiger charge is 2.32. The fraction of sp³-hybridized carbons (Fsp3) is 0.310. The van der Waals surface area contributed by atoms with Crippen molar-refractivity contribution in [2.75, 3.05) is 23.7 Å². The van der Waals surface area contributed by atoms with Gasteiger partial charge in [-0.2, -0.15) is 0 Å².